The van der Waals surface area contributed by atoms with Crippen molar-refractivity contribution in [3.8, 4) is 11.3 Å². The third-order valence-electron chi connectivity index (χ3n) is 7.15. The van der Waals surface area contributed by atoms with E-state index in [9.17, 15) is 9.59 Å². The van der Waals surface area contributed by atoms with E-state index in [-0.39, 0.29) is 12.3 Å². The van der Waals surface area contributed by atoms with Crippen LogP contribution in [0.1, 0.15) is 37.1 Å². The fraction of sp³-hybridized carbons (Fsp3) is 0.143. The molecule has 0 spiro atoms. The Morgan fingerprint density at radius 2 is 1.65 bits per heavy atom. The first-order valence-corrected chi connectivity index (χ1v) is 14.7. The van der Waals surface area contributed by atoms with Crippen LogP contribution < -0.4 is 16.0 Å². The number of anilines is 3. The van der Waals surface area contributed by atoms with Gasteiger partial charge in [0.15, 0.2) is 5.76 Å². The Bertz CT molecular complexity index is 2220. The number of nitrogens with one attached hydrogen (secondary N) is 3. The zero-order valence-corrected chi connectivity index (χ0v) is 25.3. The van der Waals surface area contributed by atoms with Crippen molar-refractivity contribution in [1.29, 1.82) is 0 Å². The van der Waals surface area contributed by atoms with Gasteiger partial charge in [0.1, 0.15) is 22.5 Å². The Hall–Kier alpha value is -6.10. The fourth-order valence-corrected chi connectivity index (χ4v) is 5.13. The average molecular weight is 615 g/mol. The molecule has 0 saturated heterocycles. The summed E-state index contributed by atoms with van der Waals surface area (Å²) in [5, 5.41) is 15.3. The van der Waals surface area contributed by atoms with Crippen molar-refractivity contribution in [3.05, 3.63) is 109 Å². The number of fused-ring (bicyclic) bond motifs is 4. The minimum atomic E-state index is -0.610. The third kappa shape index (κ3) is 5.85. The van der Waals surface area contributed by atoms with Crippen LogP contribution in [0.2, 0.25) is 0 Å². The first kappa shape index (κ1) is 28.7. The van der Waals surface area contributed by atoms with Gasteiger partial charge >= 0.3 is 6.09 Å². The SMILES string of the molecule is CC(C)(C)OC(=O)NCc1ccc(C(=O)Nc2ccc(Nc3nc(-c4cccc5c4oc4ccccc45)cc4ccnn34)cc2)o1. The molecule has 11 heteroatoms. The Morgan fingerprint density at radius 3 is 2.48 bits per heavy atom. The smallest absolute Gasteiger partial charge is 0.408 e. The first-order chi connectivity index (χ1) is 22.2. The zero-order valence-electron chi connectivity index (χ0n) is 25.3. The van der Waals surface area contributed by atoms with E-state index in [0.717, 1.165) is 44.4 Å². The molecule has 0 fully saturated rings. The monoisotopic (exact) mass is 614 g/mol. The van der Waals surface area contributed by atoms with Gasteiger partial charge in [0.05, 0.1) is 24.0 Å². The quantitative estimate of drug-likeness (QED) is 0.165. The molecule has 7 aromatic rings. The molecule has 0 radical (unpaired) electrons. The Kier molecular flexibility index (Phi) is 7.12. The zero-order chi connectivity index (χ0) is 31.8. The number of furan rings is 2. The summed E-state index contributed by atoms with van der Waals surface area (Å²) in [6.07, 6.45) is 1.16. The van der Waals surface area contributed by atoms with Crippen LogP contribution in [0, 0.1) is 0 Å². The lowest BCUT2D eigenvalue weighted by atomic mass is 10.1. The maximum atomic E-state index is 12.8. The summed E-state index contributed by atoms with van der Waals surface area (Å²) >= 11 is 0. The molecule has 230 valence electrons. The van der Waals surface area contributed by atoms with Gasteiger partial charge in [-0.3, -0.25) is 4.79 Å². The van der Waals surface area contributed by atoms with E-state index in [2.05, 4.69) is 33.2 Å². The van der Waals surface area contributed by atoms with Gasteiger partial charge in [0.25, 0.3) is 5.91 Å². The standard InChI is InChI=1S/C35H30N6O5/c1-35(2,3)46-34(43)36-20-24-15-16-30(44-24)32(42)38-21-11-13-22(14-12-21)39-33-40-28(19-23-17-18-37-41(23)33)27-9-6-8-26-25-7-4-5-10-29(25)45-31(26)27/h4-19H,20H2,1-3H3,(H,36,43)(H,38,42)(H,39,40). The number of aromatic nitrogens is 3. The molecule has 0 unspecified atom stereocenters. The van der Waals surface area contributed by atoms with Gasteiger partial charge in [-0.15, -0.1) is 0 Å². The van der Waals surface area contributed by atoms with Gasteiger partial charge in [-0.1, -0.05) is 30.3 Å². The third-order valence-corrected chi connectivity index (χ3v) is 7.15. The van der Waals surface area contributed by atoms with Crippen LogP contribution in [0.25, 0.3) is 38.7 Å². The predicted molar refractivity (Wildman–Crippen MR) is 175 cm³/mol. The molecule has 4 aromatic heterocycles. The number of carbonyl (C=O) groups excluding carboxylic acids is 2. The van der Waals surface area contributed by atoms with Crippen LogP contribution in [-0.2, 0) is 11.3 Å². The summed E-state index contributed by atoms with van der Waals surface area (Å²) < 4.78 is 18.8. The van der Waals surface area contributed by atoms with Crippen molar-refractivity contribution in [2.75, 3.05) is 10.6 Å². The largest absolute Gasteiger partial charge is 0.455 e. The summed E-state index contributed by atoms with van der Waals surface area (Å²) in [5.41, 5.74) is 4.78. The van der Waals surface area contributed by atoms with Gasteiger partial charge in [0, 0.05) is 27.7 Å². The Morgan fingerprint density at radius 1 is 0.870 bits per heavy atom. The summed E-state index contributed by atoms with van der Waals surface area (Å²) in [5.74, 6) is 0.638. The van der Waals surface area contributed by atoms with Crippen LogP contribution in [0.15, 0.2) is 106 Å². The molecule has 0 aliphatic heterocycles. The second kappa shape index (κ2) is 11.4. The molecule has 0 atom stereocenters. The molecule has 3 aromatic carbocycles. The number of hydrogen-bond acceptors (Lipinski definition) is 8. The average Bonchev–Trinajstić information content (AvgIpc) is 3.79. The van der Waals surface area contributed by atoms with Crippen LogP contribution in [0.4, 0.5) is 22.1 Å². The molecule has 7 rings (SSSR count). The minimum absolute atomic E-state index is 0.0920. The van der Waals surface area contributed by atoms with Crippen molar-refractivity contribution >= 4 is 56.8 Å². The molecule has 2 amide bonds. The lowest BCUT2D eigenvalue weighted by Gasteiger charge is -2.19. The van der Waals surface area contributed by atoms with Crippen LogP contribution in [-0.4, -0.2) is 32.2 Å². The molecule has 0 aliphatic rings. The molecule has 46 heavy (non-hydrogen) atoms. The molecular formula is C35H30N6O5. The molecular weight excluding hydrogens is 584 g/mol. The minimum Gasteiger partial charge on any atom is -0.455 e. The lowest BCUT2D eigenvalue weighted by Crippen LogP contribution is -2.32. The summed E-state index contributed by atoms with van der Waals surface area (Å²) in [4.78, 5) is 29.6. The topological polar surface area (TPSA) is 136 Å². The summed E-state index contributed by atoms with van der Waals surface area (Å²) in [6.45, 7) is 5.43. The number of amides is 2. The number of rotatable bonds is 7. The number of ether oxygens (including phenoxy) is 1. The highest BCUT2D eigenvalue weighted by Crippen LogP contribution is 2.36. The number of nitrogens with zero attached hydrogens (tertiary/aromatic N) is 3. The van der Waals surface area contributed by atoms with E-state index in [1.807, 2.05) is 54.6 Å². The van der Waals surface area contributed by atoms with E-state index in [0.29, 0.717) is 17.4 Å². The molecule has 11 nitrogen and oxygen atoms in total. The normalized spacial score (nSPS) is 11.6. The number of benzene rings is 3. The van der Waals surface area contributed by atoms with E-state index in [4.69, 9.17) is 18.6 Å². The van der Waals surface area contributed by atoms with Crippen LogP contribution >= 0.6 is 0 Å². The molecule has 0 saturated carbocycles. The first-order valence-electron chi connectivity index (χ1n) is 14.7. The number of para-hydroxylation sites is 2. The van der Waals surface area contributed by atoms with Crippen molar-refractivity contribution in [1.82, 2.24) is 19.9 Å². The number of alkyl carbamates (subject to hydrolysis) is 1. The van der Waals surface area contributed by atoms with Crippen molar-refractivity contribution in [3.63, 3.8) is 0 Å². The molecule has 0 aliphatic carbocycles. The van der Waals surface area contributed by atoms with Gasteiger partial charge in [-0.25, -0.2) is 14.3 Å². The van der Waals surface area contributed by atoms with E-state index >= 15 is 0 Å². The Balaban J connectivity index is 1.06. The highest BCUT2D eigenvalue weighted by molar-refractivity contribution is 6.09. The van der Waals surface area contributed by atoms with Gasteiger partial charge < -0.3 is 29.5 Å². The van der Waals surface area contributed by atoms with Crippen molar-refractivity contribution in [2.24, 2.45) is 0 Å². The van der Waals surface area contributed by atoms with Crippen LogP contribution in [0.3, 0.4) is 0 Å². The van der Waals surface area contributed by atoms with Gasteiger partial charge in [-0.2, -0.15) is 5.10 Å². The van der Waals surface area contributed by atoms with Gasteiger partial charge in [0.2, 0.25) is 5.95 Å². The maximum absolute atomic E-state index is 12.8. The van der Waals surface area contributed by atoms with E-state index in [1.165, 1.54) is 0 Å². The predicted octanol–water partition coefficient (Wildman–Crippen LogP) is 7.91. The van der Waals surface area contributed by atoms with Gasteiger partial charge in [-0.05, 0) is 81.4 Å². The summed E-state index contributed by atoms with van der Waals surface area (Å²) in [7, 11) is 0. The second-order valence-electron chi connectivity index (χ2n) is 11.7. The molecule has 0 bridgehead atoms. The summed E-state index contributed by atoms with van der Waals surface area (Å²) in [6, 6.07) is 28.3. The Labute approximate surface area is 263 Å². The van der Waals surface area contributed by atoms with E-state index < -0.39 is 17.6 Å². The molecule has 4 heterocycles. The van der Waals surface area contributed by atoms with Crippen molar-refractivity contribution < 1.29 is 23.2 Å². The number of carbonyl (C=O) groups is 2. The van der Waals surface area contributed by atoms with Crippen molar-refractivity contribution in [2.45, 2.75) is 32.9 Å². The lowest BCUT2D eigenvalue weighted by molar-refractivity contribution is 0.0520. The highest BCUT2D eigenvalue weighted by Gasteiger charge is 2.18. The maximum Gasteiger partial charge on any atom is 0.408 e. The molecule has 3 N–H and O–H groups in total. The van der Waals surface area contributed by atoms with Crippen LogP contribution in [0.5, 0.6) is 0 Å². The number of hydrogen-bond donors (Lipinski definition) is 3. The highest BCUT2D eigenvalue weighted by atomic mass is 16.6. The van der Waals surface area contributed by atoms with E-state index in [1.54, 1.807) is 55.7 Å². The second-order valence-corrected chi connectivity index (χ2v) is 11.7. The fourth-order valence-electron chi connectivity index (χ4n) is 5.13.